The number of likely N-dealkylation sites (tertiary alicyclic amines) is 1. The molecular formula is C13H18N6O. The number of hydrogen-bond donors (Lipinski definition) is 0. The maximum Gasteiger partial charge on any atom is 0.247 e. The molecule has 2 atom stereocenters. The highest BCUT2D eigenvalue weighted by Gasteiger charge is 2.28. The maximum absolute atomic E-state index is 12.5. The Morgan fingerprint density at radius 2 is 2.30 bits per heavy atom. The molecule has 7 heteroatoms. The first kappa shape index (κ1) is 12.8. The molecule has 20 heavy (non-hydrogen) atoms. The predicted molar refractivity (Wildman–Crippen MR) is 71.8 cm³/mol. The van der Waals surface area contributed by atoms with Gasteiger partial charge in [-0.3, -0.25) is 9.48 Å². The van der Waals surface area contributed by atoms with E-state index in [9.17, 15) is 4.79 Å². The van der Waals surface area contributed by atoms with Gasteiger partial charge in [0.2, 0.25) is 5.91 Å². The van der Waals surface area contributed by atoms with E-state index in [2.05, 4.69) is 15.2 Å². The van der Waals surface area contributed by atoms with Crippen molar-refractivity contribution in [3.8, 4) is 0 Å². The van der Waals surface area contributed by atoms with Crippen molar-refractivity contribution >= 4 is 5.91 Å². The highest BCUT2D eigenvalue weighted by Crippen LogP contribution is 2.22. The second-order valence-corrected chi connectivity index (χ2v) is 5.12. The Hall–Kier alpha value is -2.18. The number of piperidine rings is 1. The van der Waals surface area contributed by atoms with Gasteiger partial charge in [0.05, 0.1) is 6.04 Å². The molecule has 2 aromatic heterocycles. The van der Waals surface area contributed by atoms with Crippen LogP contribution in [0, 0.1) is 0 Å². The van der Waals surface area contributed by atoms with Crippen LogP contribution in [0.3, 0.4) is 0 Å². The third-order valence-corrected chi connectivity index (χ3v) is 3.80. The lowest BCUT2D eigenvalue weighted by atomic mass is 10.1. The molecule has 0 bridgehead atoms. The predicted octanol–water partition coefficient (Wildman–Crippen LogP) is 0.899. The molecule has 0 unspecified atom stereocenters. The van der Waals surface area contributed by atoms with Crippen molar-refractivity contribution in [1.29, 1.82) is 0 Å². The minimum atomic E-state index is -0.264. The number of nitrogens with zero attached hydrogens (tertiary/aromatic N) is 6. The molecule has 106 valence electrons. The number of hydrogen-bond acceptors (Lipinski definition) is 4. The Bertz CT molecular complexity index is 549. The molecule has 1 fully saturated rings. The molecule has 3 heterocycles. The van der Waals surface area contributed by atoms with Gasteiger partial charge in [-0.1, -0.05) is 0 Å². The lowest BCUT2D eigenvalue weighted by Gasteiger charge is -2.34. The van der Waals surface area contributed by atoms with Gasteiger partial charge < -0.3 is 4.90 Å². The SMILES string of the molecule is C[C@H](C(=O)N1CCC[C@H](n2cncn2)C1)n1cccn1. The molecule has 1 aliphatic heterocycles. The first-order chi connectivity index (χ1) is 9.75. The van der Waals surface area contributed by atoms with Crippen molar-refractivity contribution in [2.75, 3.05) is 13.1 Å². The van der Waals surface area contributed by atoms with E-state index in [1.54, 1.807) is 17.2 Å². The van der Waals surface area contributed by atoms with E-state index >= 15 is 0 Å². The summed E-state index contributed by atoms with van der Waals surface area (Å²) in [6, 6.07) is 1.79. The Morgan fingerprint density at radius 3 is 3.00 bits per heavy atom. The molecule has 0 aliphatic carbocycles. The van der Waals surface area contributed by atoms with E-state index < -0.39 is 0 Å². The zero-order chi connectivity index (χ0) is 13.9. The molecule has 7 nitrogen and oxygen atoms in total. The van der Waals surface area contributed by atoms with Crippen LogP contribution in [0.5, 0.6) is 0 Å². The smallest absolute Gasteiger partial charge is 0.247 e. The average Bonchev–Trinajstić information content (AvgIpc) is 3.18. The summed E-state index contributed by atoms with van der Waals surface area (Å²) >= 11 is 0. The third-order valence-electron chi connectivity index (χ3n) is 3.80. The zero-order valence-electron chi connectivity index (χ0n) is 11.5. The minimum absolute atomic E-state index is 0.110. The molecule has 1 amide bonds. The Kier molecular flexibility index (Phi) is 3.49. The van der Waals surface area contributed by atoms with E-state index in [1.165, 1.54) is 6.33 Å². The summed E-state index contributed by atoms with van der Waals surface area (Å²) in [7, 11) is 0. The van der Waals surface area contributed by atoms with Gasteiger partial charge in [-0.15, -0.1) is 0 Å². The van der Waals surface area contributed by atoms with Crippen molar-refractivity contribution in [1.82, 2.24) is 29.4 Å². The van der Waals surface area contributed by atoms with E-state index in [0.717, 1.165) is 19.4 Å². The van der Waals surface area contributed by atoms with Crippen molar-refractivity contribution < 1.29 is 4.79 Å². The molecule has 0 aromatic carbocycles. The van der Waals surface area contributed by atoms with E-state index in [-0.39, 0.29) is 18.0 Å². The van der Waals surface area contributed by atoms with Crippen molar-refractivity contribution in [3.63, 3.8) is 0 Å². The van der Waals surface area contributed by atoms with E-state index in [1.807, 2.05) is 28.8 Å². The first-order valence-corrected chi connectivity index (χ1v) is 6.87. The van der Waals surface area contributed by atoms with Crippen LogP contribution in [-0.4, -0.2) is 48.4 Å². The second-order valence-electron chi connectivity index (χ2n) is 5.12. The topological polar surface area (TPSA) is 68.8 Å². The second kappa shape index (κ2) is 5.44. The number of carbonyl (C=O) groups is 1. The monoisotopic (exact) mass is 274 g/mol. The highest BCUT2D eigenvalue weighted by atomic mass is 16.2. The van der Waals surface area contributed by atoms with Crippen LogP contribution in [0.2, 0.25) is 0 Å². The molecular weight excluding hydrogens is 256 g/mol. The van der Waals surface area contributed by atoms with Gasteiger partial charge in [-0.25, -0.2) is 9.67 Å². The third kappa shape index (κ3) is 2.43. The van der Waals surface area contributed by atoms with Crippen molar-refractivity contribution in [2.45, 2.75) is 31.8 Å². The summed E-state index contributed by atoms with van der Waals surface area (Å²) in [5, 5.41) is 8.32. The van der Waals surface area contributed by atoms with Gasteiger partial charge in [0.25, 0.3) is 0 Å². The largest absolute Gasteiger partial charge is 0.339 e. The summed E-state index contributed by atoms with van der Waals surface area (Å²) in [6.07, 6.45) is 8.79. The lowest BCUT2D eigenvalue weighted by molar-refractivity contribution is -0.136. The maximum atomic E-state index is 12.5. The summed E-state index contributed by atoms with van der Waals surface area (Å²) in [4.78, 5) is 18.4. The summed E-state index contributed by atoms with van der Waals surface area (Å²) in [6.45, 7) is 3.37. The standard InChI is InChI=1S/C13H18N6O/c1-11(18-7-3-5-15-18)13(20)17-6-2-4-12(8-17)19-10-14-9-16-19/h3,5,7,9-12H,2,4,6,8H2,1H3/t11-,12+/m1/s1. The van der Waals surface area contributed by atoms with Gasteiger partial charge >= 0.3 is 0 Å². The molecule has 0 N–H and O–H groups in total. The Morgan fingerprint density at radius 1 is 1.40 bits per heavy atom. The fourth-order valence-electron chi connectivity index (χ4n) is 2.66. The normalized spacial score (nSPS) is 20.9. The van der Waals surface area contributed by atoms with Crippen LogP contribution in [0.25, 0.3) is 0 Å². The van der Waals surface area contributed by atoms with Gasteiger partial charge in [0.15, 0.2) is 0 Å². The van der Waals surface area contributed by atoms with Gasteiger partial charge in [-0.2, -0.15) is 10.2 Å². The first-order valence-electron chi connectivity index (χ1n) is 6.87. The molecule has 1 aliphatic rings. The summed E-state index contributed by atoms with van der Waals surface area (Å²) in [5.74, 6) is 0.110. The molecule has 3 rings (SSSR count). The van der Waals surface area contributed by atoms with Crippen molar-refractivity contribution in [3.05, 3.63) is 31.1 Å². The number of carbonyl (C=O) groups excluding carboxylic acids is 1. The fraction of sp³-hybridized carbons (Fsp3) is 0.538. The summed E-state index contributed by atoms with van der Waals surface area (Å²) < 4.78 is 3.54. The van der Waals surface area contributed by atoms with Crippen LogP contribution in [-0.2, 0) is 4.79 Å². The average molecular weight is 274 g/mol. The number of amides is 1. The fourth-order valence-corrected chi connectivity index (χ4v) is 2.66. The molecule has 0 saturated carbocycles. The molecule has 0 spiro atoms. The van der Waals surface area contributed by atoms with Crippen LogP contribution >= 0.6 is 0 Å². The van der Waals surface area contributed by atoms with Crippen LogP contribution in [0.15, 0.2) is 31.1 Å². The molecule has 1 saturated heterocycles. The highest BCUT2D eigenvalue weighted by molar-refractivity contribution is 5.80. The quantitative estimate of drug-likeness (QED) is 0.834. The number of aromatic nitrogens is 5. The van der Waals surface area contributed by atoms with E-state index in [4.69, 9.17) is 0 Å². The lowest BCUT2D eigenvalue weighted by Crippen LogP contribution is -2.43. The van der Waals surface area contributed by atoms with Crippen LogP contribution in [0.1, 0.15) is 31.8 Å². The van der Waals surface area contributed by atoms with E-state index in [0.29, 0.717) is 6.54 Å². The number of rotatable bonds is 3. The van der Waals surface area contributed by atoms with Crippen LogP contribution in [0.4, 0.5) is 0 Å². The molecule has 2 aromatic rings. The van der Waals surface area contributed by atoms with Gasteiger partial charge in [0, 0.05) is 25.5 Å². The summed E-state index contributed by atoms with van der Waals surface area (Å²) in [5.41, 5.74) is 0. The van der Waals surface area contributed by atoms with Gasteiger partial charge in [0.1, 0.15) is 18.7 Å². The Balaban J connectivity index is 1.69. The van der Waals surface area contributed by atoms with Crippen LogP contribution < -0.4 is 0 Å². The Labute approximate surface area is 117 Å². The minimum Gasteiger partial charge on any atom is -0.339 e. The molecule has 0 radical (unpaired) electrons. The van der Waals surface area contributed by atoms with Crippen molar-refractivity contribution in [2.24, 2.45) is 0 Å². The van der Waals surface area contributed by atoms with Gasteiger partial charge in [-0.05, 0) is 25.8 Å². The zero-order valence-corrected chi connectivity index (χ0v) is 11.5.